The van der Waals surface area contributed by atoms with E-state index in [2.05, 4.69) is 60.4 Å². The highest BCUT2D eigenvalue weighted by atomic mass is 35.5. The number of hydrogen-bond acceptors (Lipinski definition) is 4. The second kappa shape index (κ2) is 10.4. The number of rotatable bonds is 4. The van der Waals surface area contributed by atoms with Gasteiger partial charge in [-0.25, -0.2) is 0 Å². The monoisotopic (exact) mass is 413 g/mol. The molecule has 2 aromatic rings. The fourth-order valence-corrected chi connectivity index (χ4v) is 4.75. The van der Waals surface area contributed by atoms with E-state index >= 15 is 0 Å². The highest BCUT2D eigenvalue weighted by Crippen LogP contribution is 2.40. The number of likely N-dealkylation sites (N-methyl/N-ethyl adjacent to an activating group) is 1. The van der Waals surface area contributed by atoms with Gasteiger partial charge >= 0.3 is 0 Å². The lowest BCUT2D eigenvalue weighted by Crippen LogP contribution is -2.30. The van der Waals surface area contributed by atoms with Gasteiger partial charge in [0, 0.05) is 42.2 Å². The maximum atomic E-state index is 6.30. The third kappa shape index (κ3) is 5.44. The van der Waals surface area contributed by atoms with E-state index in [4.69, 9.17) is 17.3 Å². The molecule has 2 N–H and O–H groups in total. The van der Waals surface area contributed by atoms with Crippen LogP contribution >= 0.6 is 22.9 Å². The first-order chi connectivity index (χ1) is 13.4. The Morgan fingerprint density at radius 3 is 2.57 bits per heavy atom. The molecule has 0 saturated carbocycles. The van der Waals surface area contributed by atoms with Crippen molar-refractivity contribution in [2.75, 3.05) is 20.6 Å². The molecule has 1 aromatic carbocycles. The van der Waals surface area contributed by atoms with Gasteiger partial charge in [-0.1, -0.05) is 61.2 Å². The second-order valence-corrected chi connectivity index (χ2v) is 8.50. The fraction of sp³-hybridized carbons (Fsp3) is 0.261. The van der Waals surface area contributed by atoms with Gasteiger partial charge < -0.3 is 10.6 Å². The molecule has 1 aliphatic rings. The fourth-order valence-electron chi connectivity index (χ4n) is 3.33. The van der Waals surface area contributed by atoms with Crippen molar-refractivity contribution in [3.05, 3.63) is 93.3 Å². The number of thiophene rings is 1. The van der Waals surface area contributed by atoms with Crippen LogP contribution in [-0.4, -0.2) is 31.3 Å². The van der Waals surface area contributed by atoms with Crippen molar-refractivity contribution in [2.45, 2.75) is 19.4 Å². The Balaban J connectivity index is 0.000000640. The largest absolute Gasteiger partial charge is 0.402 e. The van der Waals surface area contributed by atoms with Crippen molar-refractivity contribution in [1.29, 1.82) is 0 Å². The number of nitrogens with zero attached hydrogens (tertiary/aromatic N) is 2. The topological polar surface area (TPSA) is 41.6 Å². The summed E-state index contributed by atoms with van der Waals surface area (Å²) in [5.41, 5.74) is 11.3. The molecule has 3 nitrogen and oxygen atoms in total. The maximum Gasteiger partial charge on any atom is 0.0934 e. The maximum absolute atomic E-state index is 6.30. The molecule has 1 aliphatic heterocycles. The Hall–Kier alpha value is -2.14. The number of aliphatic imine (C=N–C) groups is 1. The molecule has 0 saturated heterocycles. The molecule has 0 bridgehead atoms. The van der Waals surface area contributed by atoms with Gasteiger partial charge in [0.2, 0.25) is 0 Å². The molecule has 0 fully saturated rings. The first kappa shape index (κ1) is 22.2. The highest BCUT2D eigenvalue weighted by molar-refractivity contribution is 7.16. The molecule has 5 heteroatoms. The average molecular weight is 414 g/mol. The summed E-state index contributed by atoms with van der Waals surface area (Å²) in [6.45, 7) is 10.5. The Labute approximate surface area is 177 Å². The number of fused-ring (bicyclic) bond motifs is 1. The summed E-state index contributed by atoms with van der Waals surface area (Å²) in [5, 5.41) is 0. The standard InChI is InChI=1S/C19H22ClN3S.C4H6/c1-12(21)8-17(22-2)14-7-5-4-6-13(14)16-10-23(3)11-18-15(16)9-19(20)24-18;1-3-4-2/h4-9,16H,10-11,21H2,1-3H3;3-4H,1-2H2/b12-8-,22-17?;/t16-;/m0./s1. The summed E-state index contributed by atoms with van der Waals surface area (Å²) in [7, 11) is 3.97. The molecular weight excluding hydrogens is 386 g/mol. The van der Waals surface area contributed by atoms with Gasteiger partial charge in [-0.2, -0.15) is 0 Å². The first-order valence-corrected chi connectivity index (χ1v) is 10.3. The minimum atomic E-state index is 0.293. The highest BCUT2D eigenvalue weighted by Gasteiger charge is 2.28. The van der Waals surface area contributed by atoms with Gasteiger partial charge in [0.15, 0.2) is 0 Å². The SMILES string of the molecule is C=CC=C.CN=C(/C=C(/C)N)c1ccccc1[C@@H]1CN(C)Cc2sc(Cl)cc21. The molecule has 28 heavy (non-hydrogen) atoms. The Bertz CT molecular complexity index is 885. The van der Waals surface area contributed by atoms with Crippen molar-refractivity contribution in [1.82, 2.24) is 4.90 Å². The minimum Gasteiger partial charge on any atom is -0.402 e. The van der Waals surface area contributed by atoms with Crippen LogP contribution < -0.4 is 5.73 Å². The molecule has 0 radical (unpaired) electrons. The molecule has 1 atom stereocenters. The molecular formula is C23H28ClN3S. The predicted molar refractivity (Wildman–Crippen MR) is 125 cm³/mol. The molecule has 0 spiro atoms. The summed E-state index contributed by atoms with van der Waals surface area (Å²) in [4.78, 5) is 8.16. The van der Waals surface area contributed by atoms with Gasteiger partial charge in [0.1, 0.15) is 0 Å². The van der Waals surface area contributed by atoms with E-state index in [1.807, 2.05) is 20.0 Å². The molecule has 3 rings (SSSR count). The average Bonchev–Trinajstić information content (AvgIpc) is 3.05. The van der Waals surface area contributed by atoms with Crippen molar-refractivity contribution in [3.63, 3.8) is 0 Å². The van der Waals surface area contributed by atoms with Gasteiger partial charge in [0.25, 0.3) is 0 Å². The third-order valence-electron chi connectivity index (χ3n) is 4.48. The van der Waals surface area contributed by atoms with Crippen LogP contribution in [0, 0.1) is 0 Å². The molecule has 0 unspecified atom stereocenters. The van der Waals surface area contributed by atoms with Crippen LogP contribution in [0.2, 0.25) is 4.34 Å². The lowest BCUT2D eigenvalue weighted by atomic mass is 9.84. The van der Waals surface area contributed by atoms with E-state index in [-0.39, 0.29) is 0 Å². The summed E-state index contributed by atoms with van der Waals surface area (Å²) in [6.07, 6.45) is 5.22. The Kier molecular flexibility index (Phi) is 8.24. The van der Waals surface area contributed by atoms with Gasteiger partial charge in [0.05, 0.1) is 10.0 Å². The van der Waals surface area contributed by atoms with Crippen molar-refractivity contribution in [2.24, 2.45) is 10.7 Å². The van der Waals surface area contributed by atoms with E-state index in [0.29, 0.717) is 5.92 Å². The summed E-state index contributed by atoms with van der Waals surface area (Å²) in [5.74, 6) is 0.293. The van der Waals surface area contributed by atoms with Crippen LogP contribution in [0.4, 0.5) is 0 Å². The lowest BCUT2D eigenvalue weighted by Gasteiger charge is -2.31. The van der Waals surface area contributed by atoms with Crippen molar-refractivity contribution >= 4 is 28.6 Å². The number of nitrogens with two attached hydrogens (primary N) is 1. The van der Waals surface area contributed by atoms with Gasteiger partial charge in [-0.05, 0) is 37.2 Å². The van der Waals surface area contributed by atoms with Crippen LogP contribution in [0.3, 0.4) is 0 Å². The van der Waals surface area contributed by atoms with E-state index in [1.165, 1.54) is 16.0 Å². The zero-order chi connectivity index (χ0) is 20.7. The van der Waals surface area contributed by atoms with Crippen LogP contribution in [0.5, 0.6) is 0 Å². The van der Waals surface area contributed by atoms with Gasteiger partial charge in [-0.3, -0.25) is 4.99 Å². The second-order valence-electron chi connectivity index (χ2n) is 6.73. The molecule has 148 valence electrons. The number of hydrogen-bond donors (Lipinski definition) is 1. The summed E-state index contributed by atoms with van der Waals surface area (Å²) >= 11 is 7.98. The minimum absolute atomic E-state index is 0.293. The Morgan fingerprint density at radius 2 is 1.96 bits per heavy atom. The zero-order valence-electron chi connectivity index (χ0n) is 16.8. The van der Waals surface area contributed by atoms with Crippen LogP contribution in [0.15, 0.2) is 72.4 Å². The lowest BCUT2D eigenvalue weighted by molar-refractivity contribution is 0.299. The molecule has 0 aliphatic carbocycles. The summed E-state index contributed by atoms with van der Waals surface area (Å²) in [6, 6.07) is 10.6. The van der Waals surface area contributed by atoms with Crippen molar-refractivity contribution in [3.8, 4) is 0 Å². The van der Waals surface area contributed by atoms with E-state index in [0.717, 1.165) is 34.4 Å². The number of benzene rings is 1. The van der Waals surface area contributed by atoms with Crippen LogP contribution in [0.1, 0.15) is 34.4 Å². The molecule has 0 amide bonds. The number of allylic oxidation sites excluding steroid dienone is 4. The van der Waals surface area contributed by atoms with E-state index < -0.39 is 0 Å². The zero-order valence-corrected chi connectivity index (χ0v) is 18.4. The smallest absolute Gasteiger partial charge is 0.0934 e. The van der Waals surface area contributed by atoms with Crippen molar-refractivity contribution < 1.29 is 0 Å². The predicted octanol–water partition coefficient (Wildman–Crippen LogP) is 5.62. The van der Waals surface area contributed by atoms with E-state index in [1.54, 1.807) is 23.5 Å². The third-order valence-corrected chi connectivity index (χ3v) is 5.74. The first-order valence-electron chi connectivity index (χ1n) is 9.11. The Morgan fingerprint density at radius 1 is 1.29 bits per heavy atom. The van der Waals surface area contributed by atoms with E-state index in [9.17, 15) is 0 Å². The van der Waals surface area contributed by atoms with Crippen LogP contribution in [0.25, 0.3) is 0 Å². The summed E-state index contributed by atoms with van der Waals surface area (Å²) < 4.78 is 0.861. The number of halogens is 1. The molecule has 2 heterocycles. The van der Waals surface area contributed by atoms with Gasteiger partial charge in [-0.15, -0.1) is 11.3 Å². The quantitative estimate of drug-likeness (QED) is 0.522. The normalized spacial score (nSPS) is 17.4. The molecule has 1 aromatic heterocycles. The van der Waals surface area contributed by atoms with Crippen LogP contribution in [-0.2, 0) is 6.54 Å².